The van der Waals surface area contributed by atoms with Crippen molar-refractivity contribution in [3.8, 4) is 0 Å². The van der Waals surface area contributed by atoms with Crippen molar-refractivity contribution in [2.75, 3.05) is 13.2 Å². The van der Waals surface area contributed by atoms with E-state index in [2.05, 4.69) is 6.92 Å². The van der Waals surface area contributed by atoms with Crippen LogP contribution in [0.2, 0.25) is 0 Å². The minimum Gasteiger partial charge on any atom is -0.378 e. The molecule has 0 aromatic heterocycles. The third-order valence-electron chi connectivity index (χ3n) is 0.898. The van der Waals surface area contributed by atoms with E-state index in [1.807, 2.05) is 0 Å². The third-order valence-corrected chi connectivity index (χ3v) is 0.898. The smallest absolute Gasteiger partial charge is 0.0702 e. The van der Waals surface area contributed by atoms with Gasteiger partial charge in [0.25, 0.3) is 0 Å². The zero-order valence-corrected chi connectivity index (χ0v) is 6.41. The van der Waals surface area contributed by atoms with Crippen molar-refractivity contribution in [3.05, 3.63) is 6.92 Å². The molecule has 0 aromatic rings. The maximum atomic E-state index is 5.01. The van der Waals surface area contributed by atoms with Gasteiger partial charge in [0.05, 0.1) is 13.2 Å². The Morgan fingerprint density at radius 3 is 1.88 bits per heavy atom. The van der Waals surface area contributed by atoms with Crippen molar-refractivity contribution in [1.29, 1.82) is 0 Å². The van der Waals surface area contributed by atoms with Crippen LogP contribution in [0.5, 0.6) is 0 Å². The Labute approximate surface area is 62.3 Å². The van der Waals surface area contributed by atoms with Crippen LogP contribution < -0.4 is 0 Å². The molecular weight excluding hydrogens is 195 g/mol. The molecule has 1 rings (SSSR count). The van der Waals surface area contributed by atoms with Gasteiger partial charge in [0, 0.05) is 25.3 Å². The number of rotatable bonds is 0. The molecule has 8 heavy (non-hydrogen) atoms. The van der Waals surface area contributed by atoms with Gasteiger partial charge in [-0.25, -0.2) is 0 Å². The quantitative estimate of drug-likeness (QED) is 0.424. The van der Waals surface area contributed by atoms with Crippen LogP contribution in [0.1, 0.15) is 6.92 Å². The predicted octanol–water partition coefficient (Wildman–Crippen LogP) is 0.581. The van der Waals surface area contributed by atoms with Crippen molar-refractivity contribution in [3.63, 3.8) is 0 Å². The van der Waals surface area contributed by atoms with Crippen molar-refractivity contribution in [2.24, 2.45) is 0 Å². The van der Waals surface area contributed by atoms with E-state index in [1.54, 1.807) is 6.92 Å². The Morgan fingerprint density at radius 1 is 1.38 bits per heavy atom. The van der Waals surface area contributed by atoms with Gasteiger partial charge in [-0.1, -0.05) is 0 Å². The second kappa shape index (κ2) is 2.91. The summed E-state index contributed by atoms with van der Waals surface area (Å²) in [5.74, 6) is -0.556. The van der Waals surface area contributed by atoms with Gasteiger partial charge in [0.2, 0.25) is 0 Å². The van der Waals surface area contributed by atoms with E-state index in [0.717, 1.165) is 0 Å². The first-order valence-corrected chi connectivity index (χ1v) is 2.34. The van der Waals surface area contributed by atoms with Gasteiger partial charge in [0.1, 0.15) is 0 Å². The second-order valence-corrected chi connectivity index (χ2v) is 1.83. The molecule has 0 amide bonds. The summed E-state index contributed by atoms with van der Waals surface area (Å²) in [5.41, 5.74) is 0. The largest absolute Gasteiger partial charge is 0.378 e. The molecule has 0 unspecified atom stereocenters. The second-order valence-electron chi connectivity index (χ2n) is 1.83. The minimum atomic E-state index is -0.556. The zero-order valence-electron chi connectivity index (χ0n) is 4.77. The molecule has 1 radical (unpaired) electrons. The van der Waals surface area contributed by atoms with Crippen LogP contribution in [-0.4, -0.2) is 19.0 Å². The first-order valence-electron chi connectivity index (χ1n) is 2.34. The van der Waals surface area contributed by atoms with Crippen LogP contribution in [0, 0.1) is 6.92 Å². The molecule has 0 spiro atoms. The summed E-state index contributed by atoms with van der Waals surface area (Å²) < 4.78 is 10.0. The number of hydrogen-bond donors (Lipinski definition) is 0. The predicted molar refractivity (Wildman–Crippen MR) is 25.7 cm³/mol. The molecule has 0 bridgehead atoms. The normalized spacial score (nSPS) is 24.8. The summed E-state index contributed by atoms with van der Waals surface area (Å²) >= 11 is 0. The molecule has 51 valence electrons. The van der Waals surface area contributed by atoms with Gasteiger partial charge < -0.3 is 9.47 Å². The summed E-state index contributed by atoms with van der Waals surface area (Å²) in [4.78, 5) is 0. The van der Waals surface area contributed by atoms with Crippen molar-refractivity contribution >= 4 is 0 Å². The summed E-state index contributed by atoms with van der Waals surface area (Å²) in [5, 5.41) is 0. The molecule has 2 nitrogen and oxygen atoms in total. The molecular formula is C5H9O2Rh-. The van der Waals surface area contributed by atoms with E-state index in [1.165, 1.54) is 0 Å². The van der Waals surface area contributed by atoms with Gasteiger partial charge in [-0.3, -0.25) is 6.92 Å². The van der Waals surface area contributed by atoms with Crippen LogP contribution in [-0.2, 0) is 29.0 Å². The Bertz CT molecular complexity index is 64.8. The van der Waals surface area contributed by atoms with Crippen LogP contribution >= 0.6 is 0 Å². The van der Waals surface area contributed by atoms with Crippen molar-refractivity contribution in [1.82, 2.24) is 0 Å². The monoisotopic (exact) mass is 204 g/mol. The van der Waals surface area contributed by atoms with Crippen molar-refractivity contribution < 1.29 is 29.0 Å². The van der Waals surface area contributed by atoms with E-state index in [9.17, 15) is 0 Å². The first-order chi connectivity index (χ1) is 3.21. The number of hydrogen-bond acceptors (Lipinski definition) is 2. The molecule has 1 heterocycles. The molecule has 1 saturated heterocycles. The molecule has 0 aromatic carbocycles. The fraction of sp³-hybridized carbons (Fsp3) is 0.800. The fourth-order valence-electron chi connectivity index (χ4n) is 0.557. The topological polar surface area (TPSA) is 18.5 Å². The first kappa shape index (κ1) is 8.54. The molecule has 0 aliphatic carbocycles. The Balaban J connectivity index is 0.000000490. The minimum absolute atomic E-state index is 0. The average molecular weight is 204 g/mol. The Kier molecular flexibility index (Phi) is 3.10. The van der Waals surface area contributed by atoms with Gasteiger partial charge in [-0.15, -0.1) is 0 Å². The van der Waals surface area contributed by atoms with Gasteiger partial charge in [0.15, 0.2) is 0 Å². The maximum absolute atomic E-state index is 5.01. The summed E-state index contributed by atoms with van der Waals surface area (Å²) in [6, 6.07) is 0. The fourth-order valence-corrected chi connectivity index (χ4v) is 0.557. The SMILES string of the molecule is [CH2-]C1(C)OCCO1.[Rh]. The maximum Gasteiger partial charge on any atom is 0.0702 e. The van der Waals surface area contributed by atoms with Crippen LogP contribution in [0.15, 0.2) is 0 Å². The average Bonchev–Trinajstić information content (AvgIpc) is 1.84. The third kappa shape index (κ3) is 2.21. The Hall–Kier alpha value is 0.543. The molecule has 0 N–H and O–H groups in total. The van der Waals surface area contributed by atoms with E-state index >= 15 is 0 Å². The molecule has 0 saturated carbocycles. The van der Waals surface area contributed by atoms with Crippen LogP contribution in [0.4, 0.5) is 0 Å². The standard InChI is InChI=1S/C5H9O2.Rh/c1-5(2)6-3-4-7-5;/h1,3-4H2,2H3;/q-1;. The molecule has 1 aliphatic heterocycles. The van der Waals surface area contributed by atoms with Gasteiger partial charge in [-0.2, -0.15) is 0 Å². The number of ether oxygens (including phenoxy) is 2. The van der Waals surface area contributed by atoms with Gasteiger partial charge >= 0.3 is 0 Å². The summed E-state index contributed by atoms with van der Waals surface area (Å²) in [7, 11) is 0. The van der Waals surface area contributed by atoms with Crippen LogP contribution in [0.25, 0.3) is 0 Å². The van der Waals surface area contributed by atoms with Crippen LogP contribution in [0.3, 0.4) is 0 Å². The zero-order chi connectivity index (χ0) is 5.33. The molecule has 1 fully saturated rings. The molecule has 0 atom stereocenters. The summed E-state index contributed by atoms with van der Waals surface area (Å²) in [6.45, 7) is 6.79. The van der Waals surface area contributed by atoms with Crippen molar-refractivity contribution in [2.45, 2.75) is 12.7 Å². The van der Waals surface area contributed by atoms with E-state index in [-0.39, 0.29) is 19.5 Å². The van der Waals surface area contributed by atoms with Gasteiger partial charge in [-0.05, 0) is 6.92 Å². The van der Waals surface area contributed by atoms with E-state index < -0.39 is 5.79 Å². The van der Waals surface area contributed by atoms with E-state index in [4.69, 9.17) is 9.47 Å². The van der Waals surface area contributed by atoms with E-state index in [0.29, 0.717) is 13.2 Å². The Morgan fingerprint density at radius 2 is 1.75 bits per heavy atom. The summed E-state index contributed by atoms with van der Waals surface area (Å²) in [6.07, 6.45) is 0. The molecule has 3 heteroatoms. The molecule has 1 aliphatic rings.